The van der Waals surface area contributed by atoms with E-state index in [4.69, 9.17) is 32.7 Å². The number of halogens is 2. The van der Waals surface area contributed by atoms with E-state index in [9.17, 15) is 4.79 Å². The van der Waals surface area contributed by atoms with E-state index < -0.39 is 6.04 Å². The summed E-state index contributed by atoms with van der Waals surface area (Å²) in [6.07, 6.45) is 0. The zero-order chi connectivity index (χ0) is 14.5. The highest BCUT2D eigenvalue weighted by molar-refractivity contribution is 6.42. The molecule has 0 spiro atoms. The molecule has 4 nitrogen and oxygen atoms in total. The molecule has 0 aromatic heterocycles. The molecular weight excluding hydrogens is 301 g/mol. The van der Waals surface area contributed by atoms with Gasteiger partial charge in [-0.2, -0.15) is 0 Å². The van der Waals surface area contributed by atoms with Gasteiger partial charge in [0.1, 0.15) is 6.04 Å². The van der Waals surface area contributed by atoms with Gasteiger partial charge in [0.25, 0.3) is 0 Å². The van der Waals surface area contributed by atoms with Crippen LogP contribution < -0.4 is 5.32 Å². The molecule has 1 fully saturated rings. The largest absolute Gasteiger partial charge is 0.465 e. The third-order valence-electron chi connectivity index (χ3n) is 3.22. The Labute approximate surface area is 128 Å². The van der Waals surface area contributed by atoms with Crippen LogP contribution in [0.3, 0.4) is 0 Å². The number of nitrogens with one attached hydrogen (secondary N) is 1. The van der Waals surface area contributed by atoms with Gasteiger partial charge in [-0.25, -0.2) is 0 Å². The van der Waals surface area contributed by atoms with Crippen molar-refractivity contribution < 1.29 is 14.3 Å². The lowest BCUT2D eigenvalue weighted by Gasteiger charge is -2.24. The summed E-state index contributed by atoms with van der Waals surface area (Å²) in [5.41, 5.74) is 0.909. The molecule has 2 rings (SSSR count). The number of carbonyl (C=O) groups is 1. The molecule has 2 atom stereocenters. The van der Waals surface area contributed by atoms with Gasteiger partial charge in [-0.3, -0.25) is 4.79 Å². The first kappa shape index (κ1) is 15.6. The first-order valence-electron chi connectivity index (χ1n) is 6.56. The molecule has 1 N–H and O–H groups in total. The number of benzene rings is 1. The van der Waals surface area contributed by atoms with Crippen molar-refractivity contribution in [1.29, 1.82) is 0 Å². The zero-order valence-electron chi connectivity index (χ0n) is 11.2. The molecule has 110 valence electrons. The average Bonchev–Trinajstić information content (AvgIpc) is 2.68. The molecular formula is C14H17Cl2NO3. The summed E-state index contributed by atoms with van der Waals surface area (Å²) in [6.45, 7) is 3.76. The lowest BCUT2D eigenvalue weighted by Crippen LogP contribution is -2.43. The molecule has 1 unspecified atom stereocenters. The highest BCUT2D eigenvalue weighted by Gasteiger charge is 2.32. The molecule has 0 saturated carbocycles. The molecule has 6 heteroatoms. The molecule has 1 heterocycles. The van der Waals surface area contributed by atoms with Gasteiger partial charge in [-0.15, -0.1) is 0 Å². The summed E-state index contributed by atoms with van der Waals surface area (Å²) in [6, 6.07) is 4.93. The van der Waals surface area contributed by atoms with E-state index in [0.717, 1.165) is 5.56 Å². The van der Waals surface area contributed by atoms with Crippen LogP contribution in [0.25, 0.3) is 0 Å². The van der Waals surface area contributed by atoms with Gasteiger partial charge < -0.3 is 14.8 Å². The second-order valence-electron chi connectivity index (χ2n) is 4.54. The maximum Gasteiger partial charge on any atom is 0.323 e. The number of ether oxygens (including phenoxy) is 2. The number of esters is 1. The summed E-state index contributed by atoms with van der Waals surface area (Å²) < 4.78 is 10.7. The molecule has 20 heavy (non-hydrogen) atoms. The molecule has 0 aliphatic carbocycles. The van der Waals surface area contributed by atoms with Crippen molar-refractivity contribution in [3.05, 3.63) is 33.8 Å². The Morgan fingerprint density at radius 1 is 1.45 bits per heavy atom. The van der Waals surface area contributed by atoms with E-state index in [1.54, 1.807) is 19.1 Å². The quantitative estimate of drug-likeness (QED) is 0.871. The van der Waals surface area contributed by atoms with Crippen LogP contribution >= 0.6 is 23.2 Å². The minimum atomic E-state index is -0.435. The fraction of sp³-hybridized carbons (Fsp3) is 0.500. The fourth-order valence-corrected chi connectivity index (χ4v) is 2.55. The molecule has 0 bridgehead atoms. The van der Waals surface area contributed by atoms with Gasteiger partial charge >= 0.3 is 5.97 Å². The topological polar surface area (TPSA) is 47.6 Å². The van der Waals surface area contributed by atoms with Gasteiger partial charge in [-0.05, 0) is 24.6 Å². The fourth-order valence-electron chi connectivity index (χ4n) is 2.25. The van der Waals surface area contributed by atoms with Crippen LogP contribution in [-0.4, -0.2) is 38.4 Å². The van der Waals surface area contributed by atoms with Crippen LogP contribution in [-0.2, 0) is 14.3 Å². The lowest BCUT2D eigenvalue weighted by atomic mass is 9.92. The Morgan fingerprint density at radius 2 is 2.25 bits per heavy atom. The Morgan fingerprint density at radius 3 is 2.95 bits per heavy atom. The number of rotatable bonds is 3. The zero-order valence-corrected chi connectivity index (χ0v) is 12.7. The molecule has 1 saturated heterocycles. The third-order valence-corrected chi connectivity index (χ3v) is 3.96. The molecule has 0 radical (unpaired) electrons. The van der Waals surface area contributed by atoms with Crippen LogP contribution in [0, 0.1) is 0 Å². The Bertz CT molecular complexity index is 481. The van der Waals surface area contributed by atoms with Crippen molar-refractivity contribution in [3.63, 3.8) is 0 Å². The van der Waals surface area contributed by atoms with Crippen molar-refractivity contribution in [1.82, 2.24) is 5.32 Å². The van der Waals surface area contributed by atoms with E-state index in [1.165, 1.54) is 0 Å². The standard InChI is InChI=1S/C14H17Cl2NO3/c1-2-20-14(18)13-10(8-19-6-5-17-13)9-3-4-11(15)12(16)7-9/h3-4,7,10,13,17H,2,5-6,8H2,1H3/t10?,13-/m1/s1. The number of hydrogen-bond donors (Lipinski definition) is 1. The SMILES string of the molecule is CCOC(=O)[C@@H]1NCCOCC1c1ccc(Cl)c(Cl)c1. The van der Waals surface area contributed by atoms with E-state index in [1.807, 2.05) is 6.07 Å². The number of carbonyl (C=O) groups excluding carboxylic acids is 1. The highest BCUT2D eigenvalue weighted by atomic mass is 35.5. The Kier molecular flexibility index (Phi) is 5.66. The second-order valence-corrected chi connectivity index (χ2v) is 5.35. The van der Waals surface area contributed by atoms with E-state index >= 15 is 0 Å². The van der Waals surface area contributed by atoms with Crippen molar-refractivity contribution in [2.45, 2.75) is 18.9 Å². The van der Waals surface area contributed by atoms with Crippen LogP contribution in [0.15, 0.2) is 18.2 Å². The average molecular weight is 318 g/mol. The monoisotopic (exact) mass is 317 g/mol. The third kappa shape index (κ3) is 3.64. The molecule has 1 aromatic rings. The lowest BCUT2D eigenvalue weighted by molar-refractivity contribution is -0.146. The maximum absolute atomic E-state index is 12.1. The van der Waals surface area contributed by atoms with Gasteiger partial charge in [0.05, 0.1) is 29.9 Å². The second kappa shape index (κ2) is 7.27. The predicted octanol–water partition coefficient (Wildman–Crippen LogP) is 2.63. The van der Waals surface area contributed by atoms with Crippen LogP contribution in [0.2, 0.25) is 10.0 Å². The van der Waals surface area contributed by atoms with Crippen LogP contribution in [0.1, 0.15) is 18.4 Å². The van der Waals surface area contributed by atoms with E-state index in [2.05, 4.69) is 5.32 Å². The predicted molar refractivity (Wildman–Crippen MR) is 78.4 cm³/mol. The van der Waals surface area contributed by atoms with Gasteiger partial charge in [0.2, 0.25) is 0 Å². The highest BCUT2D eigenvalue weighted by Crippen LogP contribution is 2.29. The maximum atomic E-state index is 12.1. The summed E-state index contributed by atoms with van der Waals surface area (Å²) in [5, 5.41) is 4.13. The molecule has 1 aliphatic rings. The summed E-state index contributed by atoms with van der Waals surface area (Å²) in [4.78, 5) is 12.1. The first-order chi connectivity index (χ1) is 9.63. The van der Waals surface area contributed by atoms with Gasteiger partial charge in [0.15, 0.2) is 0 Å². The van der Waals surface area contributed by atoms with Crippen molar-refractivity contribution in [3.8, 4) is 0 Å². The van der Waals surface area contributed by atoms with E-state index in [0.29, 0.717) is 36.4 Å². The van der Waals surface area contributed by atoms with Crippen molar-refractivity contribution in [2.75, 3.05) is 26.4 Å². The smallest absolute Gasteiger partial charge is 0.323 e. The molecule has 0 amide bonds. The van der Waals surface area contributed by atoms with E-state index in [-0.39, 0.29) is 11.9 Å². The molecule has 1 aromatic carbocycles. The van der Waals surface area contributed by atoms with Gasteiger partial charge in [0, 0.05) is 12.5 Å². The van der Waals surface area contributed by atoms with Crippen LogP contribution in [0.4, 0.5) is 0 Å². The Balaban J connectivity index is 2.27. The minimum absolute atomic E-state index is 0.147. The van der Waals surface area contributed by atoms with Crippen LogP contribution in [0.5, 0.6) is 0 Å². The Hall–Kier alpha value is -0.810. The molecule has 1 aliphatic heterocycles. The van der Waals surface area contributed by atoms with Gasteiger partial charge in [-0.1, -0.05) is 29.3 Å². The summed E-state index contributed by atoms with van der Waals surface area (Å²) in [5.74, 6) is -0.416. The van der Waals surface area contributed by atoms with Crippen molar-refractivity contribution >= 4 is 29.2 Å². The number of hydrogen-bond acceptors (Lipinski definition) is 4. The summed E-state index contributed by atoms with van der Waals surface area (Å²) >= 11 is 12.0. The minimum Gasteiger partial charge on any atom is -0.465 e. The normalized spacial score (nSPS) is 23.1. The first-order valence-corrected chi connectivity index (χ1v) is 7.31. The van der Waals surface area contributed by atoms with Crippen molar-refractivity contribution in [2.24, 2.45) is 0 Å². The summed E-state index contributed by atoms with van der Waals surface area (Å²) in [7, 11) is 0.